The molecule has 0 saturated heterocycles. The molecule has 0 spiro atoms. The zero-order valence-electron chi connectivity index (χ0n) is 15.2. The summed E-state index contributed by atoms with van der Waals surface area (Å²) in [5.41, 5.74) is 6.65. The highest BCUT2D eigenvalue weighted by molar-refractivity contribution is 5.97. The molecule has 0 aromatic carbocycles. The van der Waals surface area contributed by atoms with Crippen LogP contribution in [0.1, 0.15) is 29.0 Å². The first-order valence-corrected chi connectivity index (χ1v) is 8.28. The fraction of sp³-hybridized carbons (Fsp3) is 0.167. The smallest absolute Gasteiger partial charge is 0.254 e. The number of nitrogens with zero attached hydrogens (tertiary/aromatic N) is 4. The average Bonchev–Trinajstić information content (AvgIpc) is 2.69. The molecule has 1 unspecified atom stereocenters. The first-order valence-electron chi connectivity index (χ1n) is 8.28. The summed E-state index contributed by atoms with van der Waals surface area (Å²) in [6.45, 7) is 1.80. The lowest BCUT2D eigenvalue weighted by Crippen LogP contribution is -2.19. The molecule has 4 N–H and O–H groups in total. The van der Waals surface area contributed by atoms with Gasteiger partial charge in [0.05, 0.1) is 30.6 Å². The van der Waals surface area contributed by atoms with E-state index in [0.29, 0.717) is 17.3 Å². The predicted octanol–water partition coefficient (Wildman–Crippen LogP) is 2.43. The molecule has 3 rings (SSSR count). The minimum Gasteiger partial charge on any atom is -0.480 e. The quantitative estimate of drug-likeness (QED) is 0.567. The first-order chi connectivity index (χ1) is 13.5. The average molecular weight is 383 g/mol. The van der Waals surface area contributed by atoms with Crippen molar-refractivity contribution in [2.45, 2.75) is 13.0 Å². The van der Waals surface area contributed by atoms with Crippen LogP contribution in [0.2, 0.25) is 0 Å². The van der Waals surface area contributed by atoms with Crippen LogP contribution in [0.3, 0.4) is 0 Å². The highest BCUT2D eigenvalue weighted by Crippen LogP contribution is 2.25. The Balaban J connectivity index is 1.89. The summed E-state index contributed by atoms with van der Waals surface area (Å²) in [7, 11) is 1.49. The van der Waals surface area contributed by atoms with Gasteiger partial charge in [-0.25, -0.2) is 14.4 Å². The third-order valence-electron chi connectivity index (χ3n) is 3.81. The van der Waals surface area contributed by atoms with Crippen LogP contribution < -0.4 is 21.1 Å². The summed E-state index contributed by atoms with van der Waals surface area (Å²) in [4.78, 5) is 28.3. The van der Waals surface area contributed by atoms with Crippen LogP contribution in [0, 0.1) is 5.82 Å². The standard InChI is InChI=1S/C18H18FN7O2/c1-10(13-6-5-11(19)8-22-13)24-16-12(15(20)27)9-23-18(26-16)25-14-4-3-7-21-17(14)28-2/h3-10H,1-2H3,(H2,20,27)(H2,23,24,25,26). The molecule has 0 radical (unpaired) electrons. The van der Waals surface area contributed by atoms with E-state index < -0.39 is 11.7 Å². The summed E-state index contributed by atoms with van der Waals surface area (Å²) in [6, 6.07) is 5.95. The first kappa shape index (κ1) is 19.0. The molecule has 10 heteroatoms. The number of halogens is 1. The van der Waals surface area contributed by atoms with Gasteiger partial charge in [0.25, 0.3) is 5.91 Å². The maximum Gasteiger partial charge on any atom is 0.254 e. The zero-order chi connectivity index (χ0) is 20.1. The number of methoxy groups -OCH3 is 1. The third-order valence-corrected chi connectivity index (χ3v) is 3.81. The van der Waals surface area contributed by atoms with Crippen LogP contribution >= 0.6 is 0 Å². The van der Waals surface area contributed by atoms with Gasteiger partial charge in [0.2, 0.25) is 11.8 Å². The lowest BCUT2D eigenvalue weighted by atomic mass is 10.2. The molecule has 0 aliphatic heterocycles. The van der Waals surface area contributed by atoms with E-state index in [1.807, 2.05) is 0 Å². The van der Waals surface area contributed by atoms with E-state index >= 15 is 0 Å². The molecular formula is C18H18FN7O2. The van der Waals surface area contributed by atoms with E-state index in [0.717, 1.165) is 6.20 Å². The van der Waals surface area contributed by atoms with Crippen molar-refractivity contribution in [1.29, 1.82) is 0 Å². The van der Waals surface area contributed by atoms with E-state index in [2.05, 4.69) is 30.6 Å². The number of carbonyl (C=O) groups is 1. The van der Waals surface area contributed by atoms with Crippen LogP contribution in [0.25, 0.3) is 0 Å². The molecule has 0 aliphatic rings. The molecular weight excluding hydrogens is 365 g/mol. The molecule has 3 heterocycles. The van der Waals surface area contributed by atoms with Crippen molar-refractivity contribution in [3.05, 3.63) is 59.9 Å². The Kier molecular flexibility index (Phi) is 5.58. The number of amides is 1. The van der Waals surface area contributed by atoms with Crippen molar-refractivity contribution in [1.82, 2.24) is 19.9 Å². The van der Waals surface area contributed by atoms with Crippen molar-refractivity contribution in [2.75, 3.05) is 17.7 Å². The van der Waals surface area contributed by atoms with Gasteiger partial charge in [0.15, 0.2) is 0 Å². The molecule has 144 valence electrons. The van der Waals surface area contributed by atoms with Crippen molar-refractivity contribution in [3.63, 3.8) is 0 Å². The van der Waals surface area contributed by atoms with Crippen molar-refractivity contribution >= 4 is 23.4 Å². The fourth-order valence-electron chi connectivity index (χ4n) is 2.42. The van der Waals surface area contributed by atoms with Gasteiger partial charge >= 0.3 is 0 Å². The van der Waals surface area contributed by atoms with Gasteiger partial charge in [-0.05, 0) is 31.2 Å². The molecule has 28 heavy (non-hydrogen) atoms. The van der Waals surface area contributed by atoms with Gasteiger partial charge in [-0.3, -0.25) is 9.78 Å². The molecule has 9 nitrogen and oxygen atoms in total. The Morgan fingerprint density at radius 2 is 2.04 bits per heavy atom. The molecule has 3 aromatic rings. The van der Waals surface area contributed by atoms with Crippen LogP contribution in [0.4, 0.5) is 21.8 Å². The van der Waals surface area contributed by atoms with Crippen LogP contribution in [0.5, 0.6) is 5.88 Å². The molecule has 0 saturated carbocycles. The van der Waals surface area contributed by atoms with Gasteiger partial charge in [0.1, 0.15) is 17.3 Å². The Morgan fingerprint density at radius 3 is 2.71 bits per heavy atom. The normalized spacial score (nSPS) is 11.5. The van der Waals surface area contributed by atoms with E-state index in [1.165, 1.54) is 25.4 Å². The lowest BCUT2D eigenvalue weighted by Gasteiger charge is -2.17. The number of aromatic nitrogens is 4. The SMILES string of the molecule is COc1ncccc1Nc1ncc(C(N)=O)c(NC(C)c2ccc(F)cn2)n1. The Labute approximate surface area is 160 Å². The van der Waals surface area contributed by atoms with E-state index in [1.54, 1.807) is 25.3 Å². The van der Waals surface area contributed by atoms with Gasteiger partial charge in [-0.1, -0.05) is 0 Å². The Morgan fingerprint density at radius 1 is 1.21 bits per heavy atom. The minimum absolute atomic E-state index is 0.109. The lowest BCUT2D eigenvalue weighted by molar-refractivity contribution is 0.100. The Hall–Kier alpha value is -3.82. The van der Waals surface area contributed by atoms with Gasteiger partial charge in [-0.2, -0.15) is 4.98 Å². The molecule has 1 atom stereocenters. The highest BCUT2D eigenvalue weighted by Gasteiger charge is 2.16. The van der Waals surface area contributed by atoms with Crippen LogP contribution in [-0.4, -0.2) is 33.0 Å². The molecule has 3 aromatic heterocycles. The second-order valence-electron chi connectivity index (χ2n) is 5.77. The number of nitrogens with one attached hydrogen (secondary N) is 2. The van der Waals surface area contributed by atoms with Gasteiger partial charge in [-0.15, -0.1) is 0 Å². The van der Waals surface area contributed by atoms with Gasteiger partial charge < -0.3 is 21.1 Å². The van der Waals surface area contributed by atoms with Crippen molar-refractivity contribution in [3.8, 4) is 5.88 Å². The van der Waals surface area contributed by atoms with E-state index in [9.17, 15) is 9.18 Å². The predicted molar refractivity (Wildman–Crippen MR) is 101 cm³/mol. The topological polar surface area (TPSA) is 128 Å². The molecule has 0 aliphatic carbocycles. The second kappa shape index (κ2) is 8.25. The number of hydrogen-bond acceptors (Lipinski definition) is 8. The van der Waals surface area contributed by atoms with Crippen molar-refractivity contribution in [2.24, 2.45) is 5.73 Å². The third kappa shape index (κ3) is 4.29. The number of ether oxygens (including phenoxy) is 1. The second-order valence-corrected chi connectivity index (χ2v) is 5.77. The van der Waals surface area contributed by atoms with Crippen molar-refractivity contribution < 1.29 is 13.9 Å². The molecule has 0 fully saturated rings. The van der Waals surface area contributed by atoms with E-state index in [-0.39, 0.29) is 23.4 Å². The van der Waals surface area contributed by atoms with E-state index in [4.69, 9.17) is 10.5 Å². The maximum atomic E-state index is 13.1. The summed E-state index contributed by atoms with van der Waals surface area (Å²) in [5, 5.41) is 6.04. The number of anilines is 3. The molecule has 0 bridgehead atoms. The number of rotatable bonds is 7. The van der Waals surface area contributed by atoms with Crippen LogP contribution in [-0.2, 0) is 0 Å². The zero-order valence-corrected chi connectivity index (χ0v) is 15.2. The summed E-state index contributed by atoms with van der Waals surface area (Å²) < 4.78 is 18.3. The van der Waals surface area contributed by atoms with Gasteiger partial charge in [0, 0.05) is 12.4 Å². The summed E-state index contributed by atoms with van der Waals surface area (Å²) in [5.74, 6) is -0.340. The fourth-order valence-corrected chi connectivity index (χ4v) is 2.42. The number of carbonyl (C=O) groups excluding carboxylic acids is 1. The highest BCUT2D eigenvalue weighted by atomic mass is 19.1. The number of nitrogens with two attached hydrogens (primary N) is 1. The number of pyridine rings is 2. The Bertz CT molecular complexity index is 982. The molecule has 1 amide bonds. The minimum atomic E-state index is -0.688. The largest absolute Gasteiger partial charge is 0.480 e. The summed E-state index contributed by atoms with van der Waals surface area (Å²) in [6.07, 6.45) is 4.02. The number of primary amides is 1. The maximum absolute atomic E-state index is 13.1. The number of hydrogen-bond donors (Lipinski definition) is 3. The summed E-state index contributed by atoms with van der Waals surface area (Å²) >= 11 is 0. The monoisotopic (exact) mass is 383 g/mol. The van der Waals surface area contributed by atoms with Crippen LogP contribution in [0.15, 0.2) is 42.9 Å².